The van der Waals surface area contributed by atoms with Gasteiger partial charge < -0.3 is 5.32 Å². The maximum Gasteiger partial charge on any atom is 0.274 e. The largest absolute Gasteiger partial charge is 0.364 e. The van der Waals surface area contributed by atoms with Gasteiger partial charge in [-0.3, -0.25) is 14.6 Å². The summed E-state index contributed by atoms with van der Waals surface area (Å²) in [5.74, 6) is 0.871. The molecule has 0 fully saturated rings. The van der Waals surface area contributed by atoms with Crippen molar-refractivity contribution in [3.05, 3.63) is 108 Å². The van der Waals surface area contributed by atoms with Crippen LogP contribution >= 0.6 is 0 Å². The third-order valence-electron chi connectivity index (χ3n) is 5.55. The van der Waals surface area contributed by atoms with Gasteiger partial charge in [-0.15, -0.1) is 0 Å². The summed E-state index contributed by atoms with van der Waals surface area (Å²) in [6.45, 7) is 0.506. The number of nitrogens with zero attached hydrogens (tertiary/aromatic N) is 3. The van der Waals surface area contributed by atoms with Crippen LogP contribution in [-0.4, -0.2) is 28.0 Å². The predicted molar refractivity (Wildman–Crippen MR) is 136 cm³/mol. The van der Waals surface area contributed by atoms with Gasteiger partial charge in [0.25, 0.3) is 5.91 Å². The fourth-order valence-electron chi connectivity index (χ4n) is 3.93. The van der Waals surface area contributed by atoms with Gasteiger partial charge in [-0.05, 0) is 41.5 Å². The van der Waals surface area contributed by atoms with E-state index in [1.165, 1.54) is 7.11 Å². The van der Waals surface area contributed by atoms with E-state index in [0.717, 1.165) is 33.3 Å². The summed E-state index contributed by atoms with van der Waals surface area (Å²) in [4.78, 5) is 31.2. The molecule has 0 radical (unpaired) electrons. The molecule has 2 heterocycles. The molecule has 0 saturated heterocycles. The number of aromatic nitrogens is 3. The molecular weight excluding hydrogens is 438 g/mol. The predicted octanol–water partition coefficient (Wildman–Crippen LogP) is 5.26. The summed E-state index contributed by atoms with van der Waals surface area (Å²) in [5, 5.41) is 4.39. The second-order valence-corrected chi connectivity index (χ2v) is 7.85. The van der Waals surface area contributed by atoms with Crippen LogP contribution in [0.25, 0.3) is 33.4 Å². The van der Waals surface area contributed by atoms with Crippen molar-refractivity contribution in [1.29, 1.82) is 0 Å². The summed E-state index contributed by atoms with van der Waals surface area (Å²) >= 11 is 0. The average Bonchev–Trinajstić information content (AvgIpc) is 2.92. The molecule has 0 saturated carbocycles. The molecule has 7 nitrogen and oxygen atoms in total. The van der Waals surface area contributed by atoms with E-state index in [9.17, 15) is 4.79 Å². The zero-order chi connectivity index (χ0) is 24.0. The maximum atomic E-state index is 12.3. The van der Waals surface area contributed by atoms with Crippen LogP contribution in [0.5, 0.6) is 0 Å². The van der Waals surface area contributed by atoms with Gasteiger partial charge in [0.15, 0.2) is 5.82 Å². The molecule has 0 spiro atoms. The Morgan fingerprint density at radius 3 is 2.46 bits per heavy atom. The van der Waals surface area contributed by atoms with Crippen LogP contribution in [0.2, 0.25) is 0 Å². The number of benzene rings is 3. The van der Waals surface area contributed by atoms with Crippen LogP contribution in [0.4, 0.5) is 5.82 Å². The summed E-state index contributed by atoms with van der Waals surface area (Å²) in [7, 11) is 1.40. The highest BCUT2D eigenvalue weighted by molar-refractivity contribution is 6.02. The van der Waals surface area contributed by atoms with E-state index in [0.29, 0.717) is 23.8 Å². The van der Waals surface area contributed by atoms with Crippen LogP contribution in [0.15, 0.2) is 97.2 Å². The lowest BCUT2D eigenvalue weighted by molar-refractivity contribution is 0.0537. The number of rotatable bonds is 7. The summed E-state index contributed by atoms with van der Waals surface area (Å²) in [6, 6.07) is 29.2. The van der Waals surface area contributed by atoms with Crippen LogP contribution < -0.4 is 10.8 Å². The minimum absolute atomic E-state index is 0.338. The van der Waals surface area contributed by atoms with Crippen molar-refractivity contribution in [2.45, 2.75) is 6.54 Å². The van der Waals surface area contributed by atoms with Gasteiger partial charge >= 0.3 is 0 Å². The standard InChI is InChI=1S/C28H23N5O2/c1-35-33-28(34)21-12-7-11-20(17-21)26-31-24-15-8-14-23(19-9-3-2-4-10-19)25(24)27(32-26)30-18-22-13-5-6-16-29-22/h2-17H,18H2,1H3,(H,33,34)(H,30,31,32). The Balaban J connectivity index is 1.64. The van der Waals surface area contributed by atoms with Crippen molar-refractivity contribution in [2.75, 3.05) is 12.4 Å². The number of anilines is 1. The highest BCUT2D eigenvalue weighted by Crippen LogP contribution is 2.34. The topological polar surface area (TPSA) is 89.0 Å². The molecule has 0 aliphatic rings. The number of nitrogens with one attached hydrogen (secondary N) is 2. The highest BCUT2D eigenvalue weighted by atomic mass is 16.6. The molecule has 5 aromatic rings. The molecule has 0 aliphatic heterocycles. The Bertz CT molecular complexity index is 1470. The lowest BCUT2D eigenvalue weighted by Gasteiger charge is -2.15. The second kappa shape index (κ2) is 10.1. The SMILES string of the molecule is CONC(=O)c1cccc(-c2nc(NCc3ccccn3)c3c(-c4ccccc4)cccc3n2)c1. The summed E-state index contributed by atoms with van der Waals surface area (Å²) < 4.78 is 0. The Morgan fingerprint density at radius 1 is 0.857 bits per heavy atom. The molecule has 1 amide bonds. The maximum absolute atomic E-state index is 12.3. The highest BCUT2D eigenvalue weighted by Gasteiger charge is 2.15. The molecule has 5 rings (SSSR count). The summed E-state index contributed by atoms with van der Waals surface area (Å²) in [5.41, 5.74) is 7.33. The van der Waals surface area contributed by atoms with Crippen molar-refractivity contribution < 1.29 is 9.63 Å². The number of hydrogen-bond donors (Lipinski definition) is 2. The van der Waals surface area contributed by atoms with E-state index >= 15 is 0 Å². The number of fused-ring (bicyclic) bond motifs is 1. The molecule has 2 aromatic heterocycles. The van der Waals surface area contributed by atoms with E-state index in [-0.39, 0.29) is 5.91 Å². The molecule has 2 N–H and O–H groups in total. The lowest BCUT2D eigenvalue weighted by atomic mass is 10.0. The lowest BCUT2D eigenvalue weighted by Crippen LogP contribution is -2.21. The third kappa shape index (κ3) is 4.85. The van der Waals surface area contributed by atoms with Gasteiger partial charge in [0, 0.05) is 17.3 Å². The van der Waals surface area contributed by atoms with Gasteiger partial charge in [-0.25, -0.2) is 15.4 Å². The van der Waals surface area contributed by atoms with Crippen LogP contribution in [0, 0.1) is 0 Å². The quantitative estimate of drug-likeness (QED) is 0.321. The fraction of sp³-hybridized carbons (Fsp3) is 0.0714. The zero-order valence-corrected chi connectivity index (χ0v) is 19.1. The summed E-state index contributed by atoms with van der Waals surface area (Å²) in [6.07, 6.45) is 1.77. The zero-order valence-electron chi connectivity index (χ0n) is 19.1. The minimum Gasteiger partial charge on any atom is -0.364 e. The van der Waals surface area contributed by atoms with Gasteiger partial charge in [-0.2, -0.15) is 0 Å². The van der Waals surface area contributed by atoms with Gasteiger partial charge in [-0.1, -0.05) is 60.7 Å². The number of hydrogen-bond acceptors (Lipinski definition) is 6. The molecule has 0 aliphatic carbocycles. The fourth-order valence-corrected chi connectivity index (χ4v) is 3.93. The first-order valence-electron chi connectivity index (χ1n) is 11.2. The molecule has 0 atom stereocenters. The van der Waals surface area contributed by atoms with Gasteiger partial charge in [0.1, 0.15) is 5.82 Å². The molecule has 0 unspecified atom stereocenters. The van der Waals surface area contributed by atoms with E-state index in [2.05, 4.69) is 34.0 Å². The molecule has 3 aromatic carbocycles. The van der Waals surface area contributed by atoms with Gasteiger partial charge in [0.2, 0.25) is 0 Å². The van der Waals surface area contributed by atoms with Crippen LogP contribution in [0.1, 0.15) is 16.1 Å². The number of amides is 1. The molecular formula is C28H23N5O2. The second-order valence-electron chi connectivity index (χ2n) is 7.85. The van der Waals surface area contributed by atoms with Crippen LogP contribution in [0.3, 0.4) is 0 Å². The number of hydroxylamine groups is 1. The van der Waals surface area contributed by atoms with E-state index < -0.39 is 0 Å². The molecule has 7 heteroatoms. The Hall–Kier alpha value is -4.62. The normalized spacial score (nSPS) is 10.8. The first-order chi connectivity index (χ1) is 17.2. The van der Waals surface area contributed by atoms with Crippen molar-refractivity contribution in [2.24, 2.45) is 0 Å². The number of pyridine rings is 1. The Labute approximate surface area is 202 Å². The average molecular weight is 462 g/mol. The van der Waals surface area contributed by atoms with Crippen molar-refractivity contribution in [1.82, 2.24) is 20.4 Å². The van der Waals surface area contributed by atoms with E-state index in [4.69, 9.17) is 14.8 Å². The van der Waals surface area contributed by atoms with E-state index in [1.54, 1.807) is 24.4 Å². The smallest absolute Gasteiger partial charge is 0.274 e. The number of carbonyl (C=O) groups excluding carboxylic acids is 1. The molecule has 172 valence electrons. The van der Waals surface area contributed by atoms with Gasteiger partial charge in [0.05, 0.1) is 30.3 Å². The Kier molecular flexibility index (Phi) is 6.41. The van der Waals surface area contributed by atoms with Crippen molar-refractivity contribution in [3.63, 3.8) is 0 Å². The number of carbonyl (C=O) groups is 1. The first kappa shape index (κ1) is 22.2. The van der Waals surface area contributed by atoms with Crippen molar-refractivity contribution in [3.8, 4) is 22.5 Å². The molecule has 35 heavy (non-hydrogen) atoms. The van der Waals surface area contributed by atoms with E-state index in [1.807, 2.05) is 54.6 Å². The van der Waals surface area contributed by atoms with Crippen LogP contribution in [-0.2, 0) is 11.4 Å². The Morgan fingerprint density at radius 2 is 1.66 bits per heavy atom. The molecule has 0 bridgehead atoms. The monoisotopic (exact) mass is 461 g/mol. The van der Waals surface area contributed by atoms with Crippen molar-refractivity contribution >= 4 is 22.6 Å². The first-order valence-corrected chi connectivity index (χ1v) is 11.2. The third-order valence-corrected chi connectivity index (χ3v) is 5.55. The minimum atomic E-state index is -0.338.